The van der Waals surface area contributed by atoms with Crippen LogP contribution in [0.4, 0.5) is 0 Å². The first-order valence-corrected chi connectivity index (χ1v) is 6.65. The summed E-state index contributed by atoms with van der Waals surface area (Å²) in [5.41, 5.74) is 0.544. The minimum absolute atomic E-state index is 0.290. The van der Waals surface area contributed by atoms with Crippen molar-refractivity contribution in [3.63, 3.8) is 0 Å². The van der Waals surface area contributed by atoms with Gasteiger partial charge in [-0.1, -0.05) is 12.1 Å². The summed E-state index contributed by atoms with van der Waals surface area (Å²) >= 11 is 1.69. The molecule has 1 aromatic heterocycles. The molecule has 1 aliphatic heterocycles. The molecule has 0 spiro atoms. The van der Waals surface area contributed by atoms with Crippen LogP contribution in [0.15, 0.2) is 47.8 Å². The summed E-state index contributed by atoms with van der Waals surface area (Å²) in [6.45, 7) is 0. The van der Waals surface area contributed by atoms with Crippen LogP contribution in [-0.2, 0) is 0 Å². The smallest absolute Gasteiger partial charge is 0.140 e. The van der Waals surface area contributed by atoms with Crippen LogP contribution in [0, 0.1) is 0 Å². The molecular weight excluding hydrogens is 248 g/mol. The molecule has 1 N–H and O–H groups in total. The SMILES string of the molecule is OC(c1cnccn1)C1CSc2ccccc2O1. The number of nitrogens with zero attached hydrogens (tertiary/aromatic N) is 2. The van der Waals surface area contributed by atoms with E-state index in [1.807, 2.05) is 24.3 Å². The number of benzene rings is 1. The van der Waals surface area contributed by atoms with Gasteiger partial charge in [0.1, 0.15) is 18.0 Å². The lowest BCUT2D eigenvalue weighted by Gasteiger charge is -2.28. The first-order valence-electron chi connectivity index (χ1n) is 5.67. The molecule has 2 aromatic rings. The standard InChI is InChI=1S/C13H12N2O2S/c16-13(9-7-14-5-6-15-9)11-8-18-12-4-2-1-3-10(12)17-11/h1-7,11,13,16H,8H2. The zero-order valence-corrected chi connectivity index (χ0v) is 10.4. The number of aromatic nitrogens is 2. The van der Waals surface area contributed by atoms with Crippen LogP contribution < -0.4 is 4.74 Å². The lowest BCUT2D eigenvalue weighted by atomic mass is 10.1. The Kier molecular flexibility index (Phi) is 3.17. The van der Waals surface area contributed by atoms with Gasteiger partial charge in [-0.2, -0.15) is 0 Å². The van der Waals surface area contributed by atoms with Crippen molar-refractivity contribution in [1.29, 1.82) is 0 Å². The number of hydrogen-bond donors (Lipinski definition) is 1. The summed E-state index contributed by atoms with van der Waals surface area (Å²) in [5.74, 6) is 1.52. The van der Waals surface area contributed by atoms with Crippen LogP contribution in [0.5, 0.6) is 5.75 Å². The second-order valence-electron chi connectivity index (χ2n) is 3.99. The second-order valence-corrected chi connectivity index (χ2v) is 5.05. The highest BCUT2D eigenvalue weighted by Gasteiger charge is 2.28. The molecule has 0 fully saturated rings. The molecule has 0 bridgehead atoms. The van der Waals surface area contributed by atoms with Crippen LogP contribution in [-0.4, -0.2) is 26.9 Å². The van der Waals surface area contributed by atoms with Gasteiger partial charge in [0.2, 0.25) is 0 Å². The molecule has 5 heteroatoms. The Bertz CT molecular complexity index is 536. The molecule has 3 rings (SSSR count). The maximum Gasteiger partial charge on any atom is 0.140 e. The maximum absolute atomic E-state index is 10.2. The van der Waals surface area contributed by atoms with Crippen molar-refractivity contribution in [2.24, 2.45) is 0 Å². The van der Waals surface area contributed by atoms with Crippen molar-refractivity contribution >= 4 is 11.8 Å². The lowest BCUT2D eigenvalue weighted by molar-refractivity contribution is 0.0426. The quantitative estimate of drug-likeness (QED) is 0.895. The van der Waals surface area contributed by atoms with E-state index < -0.39 is 6.10 Å². The largest absolute Gasteiger partial charge is 0.485 e. The molecule has 0 radical (unpaired) electrons. The summed E-state index contributed by atoms with van der Waals surface area (Å²) in [5, 5.41) is 10.2. The van der Waals surface area contributed by atoms with E-state index in [1.165, 1.54) is 0 Å². The van der Waals surface area contributed by atoms with Gasteiger partial charge in [0.05, 0.1) is 11.9 Å². The molecule has 18 heavy (non-hydrogen) atoms. The molecule has 1 aliphatic rings. The molecule has 0 saturated carbocycles. The zero-order valence-electron chi connectivity index (χ0n) is 9.56. The number of thioether (sulfide) groups is 1. The number of aliphatic hydroxyl groups is 1. The predicted molar refractivity (Wildman–Crippen MR) is 68.6 cm³/mol. The molecule has 92 valence electrons. The lowest BCUT2D eigenvalue weighted by Crippen LogP contribution is -2.30. The first-order chi connectivity index (χ1) is 8.84. The van der Waals surface area contributed by atoms with E-state index >= 15 is 0 Å². The van der Waals surface area contributed by atoms with Gasteiger partial charge in [0.15, 0.2) is 0 Å². The summed E-state index contributed by atoms with van der Waals surface area (Å²) in [6.07, 6.45) is 3.69. The molecule has 2 atom stereocenters. The van der Waals surface area contributed by atoms with Gasteiger partial charge < -0.3 is 9.84 Å². The highest BCUT2D eigenvalue weighted by atomic mass is 32.2. The van der Waals surface area contributed by atoms with Gasteiger partial charge >= 0.3 is 0 Å². The monoisotopic (exact) mass is 260 g/mol. The molecule has 1 aromatic carbocycles. The van der Waals surface area contributed by atoms with E-state index in [4.69, 9.17) is 4.74 Å². The zero-order chi connectivity index (χ0) is 12.4. The third-order valence-electron chi connectivity index (χ3n) is 2.77. The Labute approximate surface area is 109 Å². The Morgan fingerprint density at radius 3 is 3.06 bits per heavy atom. The van der Waals surface area contributed by atoms with Crippen molar-refractivity contribution in [3.8, 4) is 5.75 Å². The molecule has 0 saturated heterocycles. The van der Waals surface area contributed by atoms with Crippen molar-refractivity contribution in [3.05, 3.63) is 48.5 Å². The van der Waals surface area contributed by atoms with E-state index in [-0.39, 0.29) is 6.10 Å². The molecule has 2 heterocycles. The van der Waals surface area contributed by atoms with Crippen LogP contribution >= 0.6 is 11.8 Å². The Morgan fingerprint density at radius 1 is 1.33 bits per heavy atom. The van der Waals surface area contributed by atoms with Crippen molar-refractivity contribution in [2.75, 3.05) is 5.75 Å². The highest BCUT2D eigenvalue weighted by Crippen LogP contribution is 2.37. The number of hydrogen-bond acceptors (Lipinski definition) is 5. The summed E-state index contributed by atoms with van der Waals surface area (Å²) in [7, 11) is 0. The van der Waals surface area contributed by atoms with Crippen LogP contribution in [0.1, 0.15) is 11.8 Å². The second kappa shape index (κ2) is 4.96. The average molecular weight is 260 g/mol. The summed E-state index contributed by atoms with van der Waals surface area (Å²) < 4.78 is 5.81. The van der Waals surface area contributed by atoms with Gasteiger partial charge in [0.25, 0.3) is 0 Å². The fourth-order valence-corrected chi connectivity index (χ4v) is 2.87. The Morgan fingerprint density at radius 2 is 2.22 bits per heavy atom. The molecule has 4 nitrogen and oxygen atoms in total. The molecule has 0 amide bonds. The topological polar surface area (TPSA) is 55.2 Å². The fraction of sp³-hybridized carbons (Fsp3) is 0.231. The van der Waals surface area contributed by atoms with Crippen molar-refractivity contribution in [2.45, 2.75) is 17.1 Å². The predicted octanol–water partition coefficient (Wildman–Crippen LogP) is 2.06. The molecular formula is C13H12N2O2S. The number of aliphatic hydroxyl groups excluding tert-OH is 1. The number of ether oxygens (including phenoxy) is 1. The van der Waals surface area contributed by atoms with E-state index in [9.17, 15) is 5.11 Å². The number of rotatable bonds is 2. The Hall–Kier alpha value is -1.59. The van der Waals surface area contributed by atoms with Crippen molar-refractivity contribution in [1.82, 2.24) is 9.97 Å². The van der Waals surface area contributed by atoms with Crippen LogP contribution in [0.3, 0.4) is 0 Å². The minimum atomic E-state index is -0.750. The van der Waals surface area contributed by atoms with E-state index in [0.717, 1.165) is 10.6 Å². The molecule has 2 unspecified atom stereocenters. The summed E-state index contributed by atoms with van der Waals surface area (Å²) in [4.78, 5) is 9.18. The third kappa shape index (κ3) is 2.19. The first kappa shape index (κ1) is 11.5. The fourth-order valence-electron chi connectivity index (χ4n) is 1.85. The normalized spacial score (nSPS) is 19.7. The van der Waals surface area contributed by atoms with Gasteiger partial charge in [0, 0.05) is 23.0 Å². The van der Waals surface area contributed by atoms with Gasteiger partial charge in [-0.25, -0.2) is 0 Å². The van der Waals surface area contributed by atoms with E-state index in [0.29, 0.717) is 11.4 Å². The van der Waals surface area contributed by atoms with E-state index in [2.05, 4.69) is 9.97 Å². The minimum Gasteiger partial charge on any atom is -0.485 e. The van der Waals surface area contributed by atoms with E-state index in [1.54, 1.807) is 30.4 Å². The van der Waals surface area contributed by atoms with Gasteiger partial charge in [-0.15, -0.1) is 11.8 Å². The Balaban J connectivity index is 1.80. The molecule has 0 aliphatic carbocycles. The third-order valence-corrected chi connectivity index (χ3v) is 3.91. The van der Waals surface area contributed by atoms with Crippen molar-refractivity contribution < 1.29 is 9.84 Å². The van der Waals surface area contributed by atoms with Crippen LogP contribution in [0.2, 0.25) is 0 Å². The van der Waals surface area contributed by atoms with Crippen LogP contribution in [0.25, 0.3) is 0 Å². The average Bonchev–Trinajstić information content (AvgIpc) is 2.47. The maximum atomic E-state index is 10.2. The summed E-state index contributed by atoms with van der Waals surface area (Å²) in [6, 6.07) is 7.84. The van der Waals surface area contributed by atoms with Gasteiger partial charge in [-0.05, 0) is 12.1 Å². The number of para-hydroxylation sites is 1. The van der Waals surface area contributed by atoms with Gasteiger partial charge in [-0.3, -0.25) is 9.97 Å². The highest BCUT2D eigenvalue weighted by molar-refractivity contribution is 7.99. The number of fused-ring (bicyclic) bond motifs is 1.